The predicted octanol–water partition coefficient (Wildman–Crippen LogP) is 4.61. The molecule has 0 aliphatic heterocycles. The molecular weight excluding hydrogens is 304 g/mol. The van der Waals surface area contributed by atoms with Gasteiger partial charge in [-0.1, -0.05) is 45.0 Å². The average molecular weight is 328 g/mol. The number of carbonyl (C=O) groups excluding carboxylic acids is 1. The van der Waals surface area contributed by atoms with Crippen molar-refractivity contribution in [1.82, 2.24) is 0 Å². The van der Waals surface area contributed by atoms with Gasteiger partial charge in [0.25, 0.3) is 0 Å². The van der Waals surface area contributed by atoms with Gasteiger partial charge in [-0.15, -0.1) is 0 Å². The zero-order valence-electron chi connectivity index (χ0n) is 15.1. The number of hydrogen-bond donors (Lipinski definition) is 0. The number of Topliss-reactive ketones (excluding diaryl/α,β-unsaturated/α-hetero) is 1. The molecule has 128 valence electrons. The minimum absolute atomic E-state index is 0.0897. The summed E-state index contributed by atoms with van der Waals surface area (Å²) in [5.74, 6) is 1.74. The van der Waals surface area contributed by atoms with Gasteiger partial charge in [0.2, 0.25) is 5.75 Å². The molecular formula is C20H24O4. The van der Waals surface area contributed by atoms with E-state index in [1.54, 1.807) is 21.3 Å². The van der Waals surface area contributed by atoms with Crippen molar-refractivity contribution in [2.75, 3.05) is 21.3 Å². The highest BCUT2D eigenvalue weighted by atomic mass is 16.5. The number of ketones is 1. The van der Waals surface area contributed by atoms with Gasteiger partial charge < -0.3 is 14.2 Å². The van der Waals surface area contributed by atoms with Crippen molar-refractivity contribution in [2.45, 2.75) is 20.8 Å². The van der Waals surface area contributed by atoms with Crippen LogP contribution in [0.2, 0.25) is 0 Å². The van der Waals surface area contributed by atoms with Crippen LogP contribution in [0.4, 0.5) is 0 Å². The van der Waals surface area contributed by atoms with Gasteiger partial charge >= 0.3 is 0 Å². The normalized spacial score (nSPS) is 11.1. The molecule has 0 saturated carbocycles. The molecule has 0 aromatic heterocycles. The highest BCUT2D eigenvalue weighted by molar-refractivity contribution is 6.05. The number of rotatable bonds is 5. The molecule has 0 heterocycles. The number of carbonyl (C=O) groups is 1. The Balaban J connectivity index is 2.68. The maximum atomic E-state index is 12.8. The molecule has 0 N–H and O–H groups in total. The van der Waals surface area contributed by atoms with E-state index >= 15 is 0 Å². The molecule has 0 bridgehead atoms. The molecule has 0 amide bonds. The van der Waals surface area contributed by atoms with Crippen LogP contribution in [0.3, 0.4) is 0 Å². The topological polar surface area (TPSA) is 44.8 Å². The maximum absolute atomic E-state index is 12.8. The van der Waals surface area contributed by atoms with Gasteiger partial charge in [0.15, 0.2) is 17.3 Å². The average Bonchev–Trinajstić information content (AvgIpc) is 2.58. The fraction of sp³-hybridized carbons (Fsp3) is 0.350. The highest BCUT2D eigenvalue weighted by Crippen LogP contribution is 2.42. The van der Waals surface area contributed by atoms with Gasteiger partial charge in [0.05, 0.1) is 21.3 Å². The first-order valence-electron chi connectivity index (χ1n) is 7.77. The minimum atomic E-state index is -0.462. The molecule has 0 aliphatic rings. The van der Waals surface area contributed by atoms with Gasteiger partial charge in [-0.05, 0) is 23.3 Å². The standard InChI is InChI=1S/C20H24O4/c1-20(2,3)19(21)15-10-8-7-9-14(15)13-11-16(22-4)18(24-6)17(12-13)23-5/h7-12H,1-6H3. The summed E-state index contributed by atoms with van der Waals surface area (Å²) >= 11 is 0. The van der Waals surface area contributed by atoms with Crippen molar-refractivity contribution < 1.29 is 19.0 Å². The molecule has 0 atom stereocenters. The fourth-order valence-electron chi connectivity index (χ4n) is 2.57. The Morgan fingerprint density at radius 1 is 0.875 bits per heavy atom. The summed E-state index contributed by atoms with van der Waals surface area (Å²) in [6.45, 7) is 5.75. The monoisotopic (exact) mass is 328 g/mol. The van der Waals surface area contributed by atoms with Crippen LogP contribution >= 0.6 is 0 Å². The fourth-order valence-corrected chi connectivity index (χ4v) is 2.57. The molecule has 0 radical (unpaired) electrons. The second-order valence-corrected chi connectivity index (χ2v) is 6.54. The smallest absolute Gasteiger partial charge is 0.203 e. The van der Waals surface area contributed by atoms with Crippen molar-refractivity contribution in [3.63, 3.8) is 0 Å². The summed E-state index contributed by atoms with van der Waals surface area (Å²) in [5.41, 5.74) is 1.91. The van der Waals surface area contributed by atoms with E-state index in [0.29, 0.717) is 22.8 Å². The van der Waals surface area contributed by atoms with Gasteiger partial charge in [-0.3, -0.25) is 4.79 Å². The first-order chi connectivity index (χ1) is 11.3. The van der Waals surface area contributed by atoms with Crippen LogP contribution < -0.4 is 14.2 Å². The van der Waals surface area contributed by atoms with Crippen LogP contribution in [-0.4, -0.2) is 27.1 Å². The first-order valence-corrected chi connectivity index (χ1v) is 7.77. The molecule has 0 spiro atoms. The third-order valence-corrected chi connectivity index (χ3v) is 3.83. The summed E-state index contributed by atoms with van der Waals surface area (Å²) in [7, 11) is 4.72. The first kappa shape index (κ1) is 17.9. The van der Waals surface area contributed by atoms with E-state index in [1.165, 1.54) is 0 Å². The molecule has 2 aromatic rings. The zero-order valence-corrected chi connectivity index (χ0v) is 15.1. The lowest BCUT2D eigenvalue weighted by Gasteiger charge is -2.20. The van der Waals surface area contributed by atoms with E-state index in [9.17, 15) is 4.79 Å². The summed E-state index contributed by atoms with van der Waals surface area (Å²) in [6, 6.07) is 11.3. The Morgan fingerprint density at radius 2 is 1.42 bits per heavy atom. The summed E-state index contributed by atoms with van der Waals surface area (Å²) in [5, 5.41) is 0. The SMILES string of the molecule is COc1cc(-c2ccccc2C(=O)C(C)(C)C)cc(OC)c1OC. The Morgan fingerprint density at radius 3 is 1.88 bits per heavy atom. The molecule has 24 heavy (non-hydrogen) atoms. The summed E-state index contributed by atoms with van der Waals surface area (Å²) in [6.07, 6.45) is 0. The van der Waals surface area contributed by atoms with Crippen LogP contribution in [0.5, 0.6) is 17.2 Å². The summed E-state index contributed by atoms with van der Waals surface area (Å²) < 4.78 is 16.2. The van der Waals surface area contributed by atoms with Crippen LogP contribution in [-0.2, 0) is 0 Å². The highest BCUT2D eigenvalue weighted by Gasteiger charge is 2.26. The Labute approximate surface area is 143 Å². The number of ether oxygens (including phenoxy) is 3. The van der Waals surface area contributed by atoms with Crippen molar-refractivity contribution >= 4 is 5.78 Å². The lowest BCUT2D eigenvalue weighted by Crippen LogP contribution is -2.20. The molecule has 0 unspecified atom stereocenters. The van der Waals surface area contributed by atoms with Crippen molar-refractivity contribution in [3.8, 4) is 28.4 Å². The van der Waals surface area contributed by atoms with E-state index in [2.05, 4.69) is 0 Å². The second kappa shape index (κ2) is 6.95. The van der Waals surface area contributed by atoms with Crippen molar-refractivity contribution in [2.24, 2.45) is 5.41 Å². The van der Waals surface area contributed by atoms with Crippen molar-refractivity contribution in [3.05, 3.63) is 42.0 Å². The molecule has 0 aliphatic carbocycles. The van der Waals surface area contributed by atoms with E-state index < -0.39 is 5.41 Å². The van der Waals surface area contributed by atoms with Crippen LogP contribution in [0.15, 0.2) is 36.4 Å². The molecule has 2 aromatic carbocycles. The zero-order chi connectivity index (χ0) is 17.9. The third kappa shape index (κ3) is 3.37. The van der Waals surface area contributed by atoms with Crippen molar-refractivity contribution in [1.29, 1.82) is 0 Å². The van der Waals surface area contributed by atoms with E-state index in [0.717, 1.165) is 11.1 Å². The summed E-state index contributed by atoms with van der Waals surface area (Å²) in [4.78, 5) is 12.8. The largest absolute Gasteiger partial charge is 0.493 e. The molecule has 0 fully saturated rings. The van der Waals surface area contributed by atoms with Gasteiger partial charge in [-0.2, -0.15) is 0 Å². The van der Waals surface area contributed by atoms with E-state index in [-0.39, 0.29) is 5.78 Å². The lowest BCUT2D eigenvalue weighted by molar-refractivity contribution is 0.0859. The second-order valence-electron chi connectivity index (χ2n) is 6.54. The van der Waals surface area contributed by atoms with Gasteiger partial charge in [-0.25, -0.2) is 0 Å². The van der Waals surface area contributed by atoms with Gasteiger partial charge in [0, 0.05) is 11.0 Å². The molecule has 0 saturated heterocycles. The molecule has 2 rings (SSSR count). The number of hydrogen-bond acceptors (Lipinski definition) is 4. The van der Waals surface area contributed by atoms with Crippen LogP contribution in [0.1, 0.15) is 31.1 Å². The Kier molecular flexibility index (Phi) is 5.17. The molecule has 4 nitrogen and oxygen atoms in total. The predicted molar refractivity (Wildman–Crippen MR) is 95.3 cm³/mol. The van der Waals surface area contributed by atoms with Crippen LogP contribution in [0, 0.1) is 5.41 Å². The quantitative estimate of drug-likeness (QED) is 0.752. The minimum Gasteiger partial charge on any atom is -0.493 e. The lowest BCUT2D eigenvalue weighted by atomic mass is 9.83. The maximum Gasteiger partial charge on any atom is 0.203 e. The third-order valence-electron chi connectivity index (χ3n) is 3.83. The van der Waals surface area contributed by atoms with Gasteiger partial charge in [0.1, 0.15) is 0 Å². The number of benzene rings is 2. The Bertz CT molecular complexity index is 717. The van der Waals surface area contributed by atoms with E-state index in [1.807, 2.05) is 57.2 Å². The Hall–Kier alpha value is -2.49. The van der Waals surface area contributed by atoms with Crippen LogP contribution in [0.25, 0.3) is 11.1 Å². The van der Waals surface area contributed by atoms with E-state index in [4.69, 9.17) is 14.2 Å². The molecule has 4 heteroatoms. The number of methoxy groups -OCH3 is 3.